The lowest BCUT2D eigenvalue weighted by molar-refractivity contribution is 0.0445. The summed E-state index contributed by atoms with van der Waals surface area (Å²) >= 11 is 7.59. The molecule has 0 atom stereocenters. The van der Waals surface area contributed by atoms with E-state index >= 15 is 0 Å². The first kappa shape index (κ1) is 16.8. The lowest BCUT2D eigenvalue weighted by Crippen LogP contribution is -2.04. The van der Waals surface area contributed by atoms with E-state index in [0.29, 0.717) is 15.8 Å². The first-order valence-electron chi connectivity index (χ1n) is 7.85. The molecule has 7 heteroatoms. The lowest BCUT2D eigenvalue weighted by Gasteiger charge is -2.00. The number of rotatable bonds is 4. The number of fused-ring (bicyclic) bond motifs is 1. The maximum Gasteiger partial charge on any atom is 0.350 e. The molecule has 0 aliphatic rings. The van der Waals surface area contributed by atoms with Crippen LogP contribution in [0.5, 0.6) is 0 Å². The van der Waals surface area contributed by atoms with E-state index in [2.05, 4.69) is 10.2 Å². The van der Waals surface area contributed by atoms with Crippen molar-refractivity contribution in [1.82, 2.24) is 10.2 Å². The first-order chi connectivity index (χ1) is 12.6. The van der Waals surface area contributed by atoms with Crippen molar-refractivity contribution < 1.29 is 13.9 Å². The van der Waals surface area contributed by atoms with Gasteiger partial charge in [-0.15, -0.1) is 21.5 Å². The molecular weight excluding hydrogens is 372 g/mol. The highest BCUT2D eigenvalue weighted by molar-refractivity contribution is 7.21. The summed E-state index contributed by atoms with van der Waals surface area (Å²) in [6.07, 6.45) is 0. The molecule has 26 heavy (non-hydrogen) atoms. The monoisotopic (exact) mass is 384 g/mol. The summed E-state index contributed by atoms with van der Waals surface area (Å²) in [4.78, 5) is 12.7. The van der Waals surface area contributed by atoms with E-state index in [4.69, 9.17) is 20.8 Å². The van der Waals surface area contributed by atoms with Gasteiger partial charge in [0.05, 0.1) is 5.02 Å². The van der Waals surface area contributed by atoms with E-state index in [0.717, 1.165) is 21.2 Å². The number of carbonyl (C=O) groups excluding carboxylic acids is 1. The van der Waals surface area contributed by atoms with Gasteiger partial charge in [-0.25, -0.2) is 4.79 Å². The number of ether oxygens (including phenoxy) is 1. The number of carbonyl (C=O) groups is 1. The molecule has 130 valence electrons. The van der Waals surface area contributed by atoms with Crippen LogP contribution >= 0.6 is 22.9 Å². The molecule has 0 radical (unpaired) electrons. The number of nitrogens with zero attached hydrogens (tertiary/aromatic N) is 2. The molecule has 0 aliphatic carbocycles. The van der Waals surface area contributed by atoms with Crippen LogP contribution in [0.3, 0.4) is 0 Å². The summed E-state index contributed by atoms with van der Waals surface area (Å²) in [5.74, 6) is 0.109. The number of hydrogen-bond donors (Lipinski definition) is 0. The van der Waals surface area contributed by atoms with Gasteiger partial charge in [0.1, 0.15) is 4.88 Å². The number of hydrogen-bond acceptors (Lipinski definition) is 6. The molecule has 0 fully saturated rings. The van der Waals surface area contributed by atoms with Crippen molar-refractivity contribution >= 4 is 39.0 Å². The predicted molar refractivity (Wildman–Crippen MR) is 100 cm³/mol. The number of aromatic nitrogens is 2. The highest BCUT2D eigenvalue weighted by Gasteiger charge is 2.19. The summed E-state index contributed by atoms with van der Waals surface area (Å²) in [6, 6.07) is 15.3. The summed E-state index contributed by atoms with van der Waals surface area (Å²) < 4.78 is 11.8. The van der Waals surface area contributed by atoms with E-state index in [1.165, 1.54) is 11.3 Å². The molecule has 4 rings (SSSR count). The van der Waals surface area contributed by atoms with Crippen molar-refractivity contribution in [3.05, 3.63) is 69.9 Å². The van der Waals surface area contributed by atoms with E-state index in [9.17, 15) is 4.79 Å². The average Bonchev–Trinajstić information content (AvgIpc) is 3.25. The molecule has 0 unspecified atom stereocenters. The molecule has 5 nitrogen and oxygen atoms in total. The standard InChI is InChI=1S/C19H13ClN2O3S/c1-11-5-4-6-12(9-11)18-22-21-15(25-18)10-24-19(23)17-16(20)13-7-2-3-8-14(13)26-17/h2-9H,10H2,1H3. The fourth-order valence-corrected chi connectivity index (χ4v) is 3.95. The second kappa shape index (κ2) is 6.90. The topological polar surface area (TPSA) is 65.2 Å². The third kappa shape index (κ3) is 3.21. The van der Waals surface area contributed by atoms with Crippen LogP contribution < -0.4 is 0 Å². The Morgan fingerprint density at radius 1 is 1.19 bits per heavy atom. The highest BCUT2D eigenvalue weighted by atomic mass is 35.5. The zero-order valence-electron chi connectivity index (χ0n) is 13.7. The first-order valence-corrected chi connectivity index (χ1v) is 9.05. The summed E-state index contributed by atoms with van der Waals surface area (Å²) in [7, 11) is 0. The quantitative estimate of drug-likeness (QED) is 0.448. The fraction of sp³-hybridized carbons (Fsp3) is 0.105. The zero-order valence-corrected chi connectivity index (χ0v) is 15.3. The van der Waals surface area contributed by atoms with E-state index in [1.807, 2.05) is 55.5 Å². The van der Waals surface area contributed by atoms with Crippen LogP contribution in [0.1, 0.15) is 21.1 Å². The van der Waals surface area contributed by atoms with Crippen molar-refractivity contribution in [3.63, 3.8) is 0 Å². The Hall–Kier alpha value is -2.70. The van der Waals surface area contributed by atoms with Crippen molar-refractivity contribution in [2.45, 2.75) is 13.5 Å². The van der Waals surface area contributed by atoms with Crippen LogP contribution in [-0.4, -0.2) is 16.2 Å². The van der Waals surface area contributed by atoms with Gasteiger partial charge in [-0.2, -0.15) is 0 Å². The van der Waals surface area contributed by atoms with Crippen molar-refractivity contribution in [3.8, 4) is 11.5 Å². The number of esters is 1. The van der Waals surface area contributed by atoms with Gasteiger partial charge in [-0.05, 0) is 25.1 Å². The maximum atomic E-state index is 12.3. The third-order valence-electron chi connectivity index (χ3n) is 3.78. The summed E-state index contributed by atoms with van der Waals surface area (Å²) in [5, 5.41) is 9.17. The molecule has 0 aliphatic heterocycles. The Labute approximate surface area is 158 Å². The molecular formula is C19H13ClN2O3S. The Morgan fingerprint density at radius 3 is 2.85 bits per heavy atom. The van der Waals surface area contributed by atoms with Gasteiger partial charge in [-0.3, -0.25) is 0 Å². The molecule has 2 aromatic carbocycles. The molecule has 4 aromatic rings. The fourth-order valence-electron chi connectivity index (χ4n) is 2.54. The maximum absolute atomic E-state index is 12.3. The van der Waals surface area contributed by atoms with Crippen LogP contribution in [-0.2, 0) is 11.3 Å². The SMILES string of the molecule is Cc1cccc(-c2nnc(COC(=O)c3sc4ccccc4c3Cl)o2)c1. The average molecular weight is 385 g/mol. The molecule has 0 saturated heterocycles. The Bertz CT molecular complexity index is 1100. The van der Waals surface area contributed by atoms with E-state index < -0.39 is 5.97 Å². The van der Waals surface area contributed by atoms with Gasteiger partial charge in [0, 0.05) is 15.6 Å². The van der Waals surface area contributed by atoms with Gasteiger partial charge in [0.2, 0.25) is 5.89 Å². The van der Waals surface area contributed by atoms with Gasteiger partial charge in [0.15, 0.2) is 6.61 Å². The second-order valence-corrected chi connectivity index (χ2v) is 7.12. The van der Waals surface area contributed by atoms with Crippen molar-refractivity contribution in [2.75, 3.05) is 0 Å². The number of thiophene rings is 1. The van der Waals surface area contributed by atoms with Gasteiger partial charge in [0.25, 0.3) is 5.89 Å². The Morgan fingerprint density at radius 2 is 2.04 bits per heavy atom. The molecule has 0 bridgehead atoms. The van der Waals surface area contributed by atoms with Gasteiger partial charge >= 0.3 is 5.97 Å². The minimum absolute atomic E-state index is 0.109. The lowest BCUT2D eigenvalue weighted by atomic mass is 10.1. The van der Waals surface area contributed by atoms with Gasteiger partial charge < -0.3 is 9.15 Å². The van der Waals surface area contributed by atoms with Crippen LogP contribution in [0.25, 0.3) is 21.5 Å². The highest BCUT2D eigenvalue weighted by Crippen LogP contribution is 2.35. The molecule has 0 N–H and O–H groups in total. The van der Waals surface area contributed by atoms with E-state index in [1.54, 1.807) is 0 Å². The smallest absolute Gasteiger partial charge is 0.350 e. The normalized spacial score (nSPS) is 11.0. The second-order valence-electron chi connectivity index (χ2n) is 5.69. The van der Waals surface area contributed by atoms with Crippen LogP contribution in [0.4, 0.5) is 0 Å². The van der Waals surface area contributed by atoms with Crippen LogP contribution in [0.2, 0.25) is 5.02 Å². The number of halogens is 1. The van der Waals surface area contributed by atoms with Crippen molar-refractivity contribution in [2.24, 2.45) is 0 Å². The van der Waals surface area contributed by atoms with Crippen molar-refractivity contribution in [1.29, 1.82) is 0 Å². The molecule has 2 heterocycles. The Kier molecular flexibility index (Phi) is 4.44. The molecule has 0 saturated carbocycles. The predicted octanol–water partition coefficient (Wildman–Crippen LogP) is 5.27. The molecule has 0 spiro atoms. The van der Waals surface area contributed by atoms with Crippen LogP contribution in [0.15, 0.2) is 52.9 Å². The molecule has 0 amide bonds. The van der Waals surface area contributed by atoms with Crippen LogP contribution in [0, 0.1) is 6.92 Å². The number of benzene rings is 2. The minimum Gasteiger partial charge on any atom is -0.451 e. The largest absolute Gasteiger partial charge is 0.451 e. The van der Waals surface area contributed by atoms with Gasteiger partial charge in [-0.1, -0.05) is 47.5 Å². The molecule has 2 aromatic heterocycles. The Balaban J connectivity index is 1.48. The summed E-state index contributed by atoms with van der Waals surface area (Å²) in [5.41, 5.74) is 1.91. The number of aryl methyl sites for hydroxylation is 1. The zero-order chi connectivity index (χ0) is 18.1. The third-order valence-corrected chi connectivity index (χ3v) is 5.43. The van der Waals surface area contributed by atoms with E-state index in [-0.39, 0.29) is 12.5 Å². The summed E-state index contributed by atoms with van der Waals surface area (Å²) in [6.45, 7) is 1.87. The minimum atomic E-state index is -0.508.